The van der Waals surface area contributed by atoms with Gasteiger partial charge < -0.3 is 9.15 Å². The lowest BCUT2D eigenvalue weighted by atomic mass is 9.97. The van der Waals surface area contributed by atoms with Crippen LogP contribution in [0.1, 0.15) is 26.7 Å². The van der Waals surface area contributed by atoms with Crippen molar-refractivity contribution in [1.82, 2.24) is 4.98 Å². The molecule has 1 aromatic carbocycles. The minimum atomic E-state index is -0.440. The topological polar surface area (TPSA) is 78.4 Å². The smallest absolute Gasteiger partial charge is 0.313 e. The number of nitro groups is 1. The number of ether oxygens (including phenoxy) is 1. The van der Waals surface area contributed by atoms with Crippen molar-refractivity contribution in [3.05, 3.63) is 40.3 Å². The molecule has 0 aliphatic rings. The fourth-order valence-electron chi connectivity index (χ4n) is 1.69. The Hall–Kier alpha value is -2.37. The molecule has 2 aromatic rings. The highest BCUT2D eigenvalue weighted by atomic mass is 16.6. The van der Waals surface area contributed by atoms with Crippen molar-refractivity contribution < 1.29 is 14.1 Å². The van der Waals surface area contributed by atoms with E-state index >= 15 is 0 Å². The second-order valence-electron chi connectivity index (χ2n) is 5.41. The molecule has 0 spiro atoms. The third kappa shape index (κ3) is 2.64. The largest absolute Gasteiger partial charge is 0.467 e. The van der Waals surface area contributed by atoms with Crippen LogP contribution in [-0.4, -0.2) is 17.0 Å². The van der Waals surface area contributed by atoms with Crippen molar-refractivity contribution in [1.29, 1.82) is 0 Å². The first-order chi connectivity index (χ1) is 9.32. The van der Waals surface area contributed by atoms with Crippen LogP contribution in [0.5, 0.6) is 5.95 Å². The molecule has 2 rings (SSSR count). The number of hydrogen-bond donors (Lipinski definition) is 0. The van der Waals surface area contributed by atoms with Crippen LogP contribution in [0.4, 0.5) is 5.69 Å². The molecular formula is C14H16N2O4. The number of nitrogens with zero attached hydrogens (tertiary/aromatic N) is 2. The van der Waals surface area contributed by atoms with Gasteiger partial charge in [-0.15, -0.1) is 0 Å². The van der Waals surface area contributed by atoms with Gasteiger partial charge in [0.25, 0.3) is 5.69 Å². The average molecular weight is 276 g/mol. The molecule has 1 heterocycles. The van der Waals surface area contributed by atoms with Gasteiger partial charge in [0.15, 0.2) is 5.69 Å². The predicted molar refractivity (Wildman–Crippen MR) is 73.8 cm³/mol. The summed E-state index contributed by atoms with van der Waals surface area (Å²) in [4.78, 5) is 14.6. The van der Waals surface area contributed by atoms with Crippen molar-refractivity contribution >= 4 is 5.69 Å². The average Bonchev–Trinajstić information content (AvgIpc) is 2.82. The summed E-state index contributed by atoms with van der Waals surface area (Å²) in [7, 11) is 1.50. The molecule has 0 bridgehead atoms. The van der Waals surface area contributed by atoms with Gasteiger partial charge in [-0.05, 0) is 12.1 Å². The predicted octanol–water partition coefficient (Wildman–Crippen LogP) is 3.56. The number of non-ortho nitro benzene ring substituents is 1. The van der Waals surface area contributed by atoms with Gasteiger partial charge in [-0.25, -0.2) is 4.98 Å². The molecule has 0 atom stereocenters. The number of methoxy groups -OCH3 is 1. The number of benzene rings is 1. The molecular weight excluding hydrogens is 260 g/mol. The van der Waals surface area contributed by atoms with E-state index in [1.54, 1.807) is 12.1 Å². The van der Waals surface area contributed by atoms with E-state index in [4.69, 9.17) is 9.15 Å². The zero-order valence-electron chi connectivity index (χ0n) is 11.8. The zero-order chi connectivity index (χ0) is 14.9. The molecule has 6 nitrogen and oxygen atoms in total. The van der Waals surface area contributed by atoms with Gasteiger partial charge in [0.2, 0.25) is 5.89 Å². The second kappa shape index (κ2) is 4.96. The van der Waals surface area contributed by atoms with Crippen LogP contribution in [0.2, 0.25) is 0 Å². The molecule has 0 saturated carbocycles. The normalized spacial score (nSPS) is 11.4. The van der Waals surface area contributed by atoms with Gasteiger partial charge in [0, 0.05) is 23.1 Å². The molecule has 1 aromatic heterocycles. The Bertz CT molecular complexity index is 624. The van der Waals surface area contributed by atoms with E-state index in [2.05, 4.69) is 4.98 Å². The molecule has 20 heavy (non-hydrogen) atoms. The number of aromatic nitrogens is 1. The van der Waals surface area contributed by atoms with Crippen LogP contribution in [0.3, 0.4) is 0 Å². The van der Waals surface area contributed by atoms with Crippen LogP contribution in [0.25, 0.3) is 11.3 Å². The first-order valence-corrected chi connectivity index (χ1v) is 6.13. The summed E-state index contributed by atoms with van der Waals surface area (Å²) in [6.45, 7) is 5.95. The molecule has 106 valence electrons. The van der Waals surface area contributed by atoms with Gasteiger partial charge in [-0.2, -0.15) is 0 Å². The van der Waals surface area contributed by atoms with E-state index in [9.17, 15) is 10.1 Å². The molecule has 0 aliphatic carbocycles. The summed E-state index contributed by atoms with van der Waals surface area (Å²) < 4.78 is 10.8. The summed E-state index contributed by atoms with van der Waals surface area (Å²) in [5, 5.41) is 10.7. The fraction of sp³-hybridized carbons (Fsp3) is 0.357. The highest BCUT2D eigenvalue weighted by molar-refractivity contribution is 5.65. The molecule has 0 radical (unpaired) electrons. The maximum Gasteiger partial charge on any atom is 0.313 e. The van der Waals surface area contributed by atoms with Gasteiger partial charge in [0.1, 0.15) is 0 Å². The van der Waals surface area contributed by atoms with Gasteiger partial charge >= 0.3 is 5.95 Å². The molecule has 0 unspecified atom stereocenters. The molecule has 0 amide bonds. The first kappa shape index (κ1) is 14.0. The Labute approximate surface area is 116 Å². The summed E-state index contributed by atoms with van der Waals surface area (Å²) >= 11 is 0. The minimum Gasteiger partial charge on any atom is -0.467 e. The van der Waals surface area contributed by atoms with E-state index < -0.39 is 4.92 Å². The van der Waals surface area contributed by atoms with E-state index in [1.807, 2.05) is 20.8 Å². The zero-order valence-corrected chi connectivity index (χ0v) is 11.8. The van der Waals surface area contributed by atoms with Gasteiger partial charge in [-0.1, -0.05) is 20.8 Å². The SMILES string of the molecule is COc1oc(C(C)(C)C)nc1-c1ccc([N+](=O)[O-])cc1. The van der Waals surface area contributed by atoms with Crippen LogP contribution in [-0.2, 0) is 5.41 Å². The number of nitro benzene ring substituents is 1. The van der Waals surface area contributed by atoms with Crippen molar-refractivity contribution in [2.45, 2.75) is 26.2 Å². The maximum absolute atomic E-state index is 10.7. The quantitative estimate of drug-likeness (QED) is 0.632. The van der Waals surface area contributed by atoms with E-state index in [-0.39, 0.29) is 11.1 Å². The molecule has 0 N–H and O–H groups in total. The summed E-state index contributed by atoms with van der Waals surface area (Å²) in [5.74, 6) is 0.867. The van der Waals surface area contributed by atoms with Crippen molar-refractivity contribution in [2.75, 3.05) is 7.11 Å². The van der Waals surface area contributed by atoms with Crippen LogP contribution in [0.15, 0.2) is 28.7 Å². The molecule has 0 aliphatic heterocycles. The van der Waals surface area contributed by atoms with Gasteiger partial charge in [0.05, 0.1) is 12.0 Å². The van der Waals surface area contributed by atoms with Crippen LogP contribution >= 0.6 is 0 Å². The number of hydrogen-bond acceptors (Lipinski definition) is 5. The monoisotopic (exact) mass is 276 g/mol. The number of rotatable bonds is 3. The maximum atomic E-state index is 10.7. The van der Waals surface area contributed by atoms with Crippen molar-refractivity contribution in [3.8, 4) is 17.2 Å². The van der Waals surface area contributed by atoms with E-state index in [1.165, 1.54) is 19.2 Å². The Morgan fingerprint density at radius 2 is 1.85 bits per heavy atom. The van der Waals surface area contributed by atoms with Crippen molar-refractivity contribution in [3.63, 3.8) is 0 Å². The van der Waals surface area contributed by atoms with Gasteiger partial charge in [-0.3, -0.25) is 10.1 Å². The summed E-state index contributed by atoms with van der Waals surface area (Å²) in [5.41, 5.74) is 1.05. The number of oxazole rings is 1. The van der Waals surface area contributed by atoms with Crippen molar-refractivity contribution in [2.24, 2.45) is 0 Å². The highest BCUT2D eigenvalue weighted by Crippen LogP contribution is 2.35. The molecule has 0 saturated heterocycles. The third-order valence-corrected chi connectivity index (χ3v) is 2.77. The van der Waals surface area contributed by atoms with E-state index in [0.717, 1.165) is 0 Å². The Morgan fingerprint density at radius 3 is 2.30 bits per heavy atom. The Kier molecular flexibility index (Phi) is 3.48. The molecule has 0 fully saturated rings. The minimum absolute atomic E-state index is 0.0345. The second-order valence-corrected chi connectivity index (χ2v) is 5.41. The lowest BCUT2D eigenvalue weighted by Gasteiger charge is -2.11. The Balaban J connectivity index is 2.46. The third-order valence-electron chi connectivity index (χ3n) is 2.77. The highest BCUT2D eigenvalue weighted by Gasteiger charge is 2.25. The molecule has 6 heteroatoms. The van der Waals surface area contributed by atoms with E-state index in [0.29, 0.717) is 23.1 Å². The summed E-state index contributed by atoms with van der Waals surface area (Å²) in [6, 6.07) is 6.12. The first-order valence-electron chi connectivity index (χ1n) is 6.13. The van der Waals surface area contributed by atoms with Crippen LogP contribution in [0, 0.1) is 10.1 Å². The lowest BCUT2D eigenvalue weighted by Crippen LogP contribution is -2.11. The van der Waals surface area contributed by atoms with Crippen LogP contribution < -0.4 is 4.74 Å². The Morgan fingerprint density at radius 1 is 1.25 bits per heavy atom. The lowest BCUT2D eigenvalue weighted by molar-refractivity contribution is -0.384. The fourth-order valence-corrected chi connectivity index (χ4v) is 1.69. The standard InChI is InChI=1S/C14H16N2O4/c1-14(2,3)13-15-11(12(19-4)20-13)9-5-7-10(8-6-9)16(17)18/h5-8H,1-4H3. The summed E-state index contributed by atoms with van der Waals surface area (Å²) in [6.07, 6.45) is 0.